The third-order valence-electron chi connectivity index (χ3n) is 2.47. The quantitative estimate of drug-likeness (QED) is 0.658. The van der Waals surface area contributed by atoms with E-state index in [0.717, 1.165) is 0 Å². The van der Waals surface area contributed by atoms with Crippen molar-refractivity contribution < 1.29 is 13.2 Å². The fourth-order valence-electron chi connectivity index (χ4n) is 1.70. The summed E-state index contributed by atoms with van der Waals surface area (Å²) in [5, 5.41) is 0. The van der Waals surface area contributed by atoms with Gasteiger partial charge in [0.2, 0.25) is 0 Å². The number of hydrogen-bond donors (Lipinski definition) is 0. The molecule has 0 atom stereocenters. The van der Waals surface area contributed by atoms with Crippen LogP contribution in [0.25, 0.3) is 11.6 Å². The molecule has 0 amide bonds. The molecular weight excluding hydrogens is 305 g/mol. The summed E-state index contributed by atoms with van der Waals surface area (Å²) in [6.45, 7) is 5.40. The standard InChI is InChI=1S/C14H14BrF3/c1-3-7-12(15)13(14(16,17)18)11-9-6-5-8-10(11)4-2/h4-6,8-9H,2-3,7H2,1H3/b13-12-. The Labute approximate surface area is 113 Å². The van der Waals surface area contributed by atoms with Gasteiger partial charge in [-0.2, -0.15) is 13.2 Å². The number of hydrogen-bond acceptors (Lipinski definition) is 0. The molecule has 0 bridgehead atoms. The average molecular weight is 319 g/mol. The molecule has 0 saturated carbocycles. The van der Waals surface area contributed by atoms with Crippen molar-refractivity contribution in [3.05, 3.63) is 46.5 Å². The van der Waals surface area contributed by atoms with Crippen LogP contribution in [0.3, 0.4) is 0 Å². The van der Waals surface area contributed by atoms with Gasteiger partial charge in [0, 0.05) is 4.48 Å². The largest absolute Gasteiger partial charge is 0.417 e. The maximum Gasteiger partial charge on any atom is 0.417 e. The second-order valence-corrected chi connectivity index (χ2v) is 4.78. The van der Waals surface area contributed by atoms with E-state index in [1.54, 1.807) is 18.2 Å². The van der Waals surface area contributed by atoms with Gasteiger partial charge in [0.25, 0.3) is 0 Å². The van der Waals surface area contributed by atoms with Gasteiger partial charge >= 0.3 is 6.18 Å². The molecule has 0 aromatic heterocycles. The second kappa shape index (κ2) is 6.23. The third kappa shape index (κ3) is 3.48. The Morgan fingerprint density at radius 2 is 1.94 bits per heavy atom. The fourth-order valence-corrected chi connectivity index (χ4v) is 2.53. The fraction of sp³-hybridized carbons (Fsp3) is 0.286. The van der Waals surface area contributed by atoms with Crippen LogP contribution in [0.5, 0.6) is 0 Å². The lowest BCUT2D eigenvalue weighted by Gasteiger charge is -2.17. The molecule has 0 aliphatic carbocycles. The van der Waals surface area contributed by atoms with Gasteiger partial charge < -0.3 is 0 Å². The van der Waals surface area contributed by atoms with Crippen LogP contribution in [0, 0.1) is 0 Å². The van der Waals surface area contributed by atoms with Crippen molar-refractivity contribution >= 4 is 27.6 Å². The maximum atomic E-state index is 13.2. The molecule has 0 spiro atoms. The molecule has 1 aromatic rings. The molecule has 0 fully saturated rings. The minimum absolute atomic E-state index is 0.167. The van der Waals surface area contributed by atoms with Crippen molar-refractivity contribution in [1.82, 2.24) is 0 Å². The molecule has 0 N–H and O–H groups in total. The SMILES string of the molecule is C=Cc1ccccc1/C(=C(/Br)CCC)C(F)(F)F. The minimum atomic E-state index is -4.38. The lowest BCUT2D eigenvalue weighted by atomic mass is 9.98. The first-order valence-electron chi connectivity index (χ1n) is 5.59. The Kier molecular flexibility index (Phi) is 5.20. The highest BCUT2D eigenvalue weighted by molar-refractivity contribution is 9.11. The van der Waals surface area contributed by atoms with Crippen LogP contribution in [0.2, 0.25) is 0 Å². The molecule has 0 unspecified atom stereocenters. The molecule has 1 aromatic carbocycles. The zero-order chi connectivity index (χ0) is 13.8. The molecule has 0 saturated heterocycles. The summed E-state index contributed by atoms with van der Waals surface area (Å²) < 4.78 is 39.7. The molecule has 0 heterocycles. The van der Waals surface area contributed by atoms with Crippen molar-refractivity contribution in [2.24, 2.45) is 0 Å². The highest BCUT2D eigenvalue weighted by Gasteiger charge is 2.37. The van der Waals surface area contributed by atoms with Gasteiger partial charge in [-0.15, -0.1) is 0 Å². The summed E-state index contributed by atoms with van der Waals surface area (Å²) in [5.74, 6) is 0. The highest BCUT2D eigenvalue weighted by atomic mass is 79.9. The Bertz CT molecular complexity index is 458. The molecule has 0 nitrogen and oxygen atoms in total. The Morgan fingerprint density at radius 1 is 1.33 bits per heavy atom. The van der Waals surface area contributed by atoms with E-state index in [0.29, 0.717) is 18.4 Å². The van der Waals surface area contributed by atoms with E-state index in [-0.39, 0.29) is 10.0 Å². The van der Waals surface area contributed by atoms with Crippen molar-refractivity contribution in [3.63, 3.8) is 0 Å². The summed E-state index contributed by atoms with van der Waals surface area (Å²) in [7, 11) is 0. The molecule has 0 aliphatic heterocycles. The van der Waals surface area contributed by atoms with Crippen LogP contribution in [0.1, 0.15) is 30.9 Å². The van der Waals surface area contributed by atoms with E-state index in [2.05, 4.69) is 22.5 Å². The van der Waals surface area contributed by atoms with Gasteiger partial charge in [0.05, 0.1) is 5.57 Å². The van der Waals surface area contributed by atoms with Crippen LogP contribution in [0.15, 0.2) is 35.3 Å². The van der Waals surface area contributed by atoms with Gasteiger partial charge in [0.1, 0.15) is 0 Å². The van der Waals surface area contributed by atoms with E-state index in [9.17, 15) is 13.2 Å². The minimum Gasteiger partial charge on any atom is -0.166 e. The van der Waals surface area contributed by atoms with Crippen molar-refractivity contribution in [2.45, 2.75) is 25.9 Å². The molecule has 1 rings (SSSR count). The zero-order valence-electron chi connectivity index (χ0n) is 10.0. The van der Waals surface area contributed by atoms with Gasteiger partial charge in [-0.25, -0.2) is 0 Å². The third-order valence-corrected chi connectivity index (χ3v) is 3.27. The number of rotatable bonds is 4. The smallest absolute Gasteiger partial charge is 0.166 e. The van der Waals surface area contributed by atoms with E-state index >= 15 is 0 Å². The maximum absolute atomic E-state index is 13.2. The first-order valence-corrected chi connectivity index (χ1v) is 6.38. The number of alkyl halides is 3. The summed E-state index contributed by atoms with van der Waals surface area (Å²) in [4.78, 5) is 0. The first kappa shape index (κ1) is 15.0. The van der Waals surface area contributed by atoms with Gasteiger partial charge in [-0.3, -0.25) is 0 Å². The lowest BCUT2D eigenvalue weighted by Crippen LogP contribution is -2.13. The second-order valence-electron chi connectivity index (χ2n) is 3.82. The van der Waals surface area contributed by atoms with Gasteiger partial charge in [0.15, 0.2) is 0 Å². The topological polar surface area (TPSA) is 0 Å². The summed E-state index contributed by atoms with van der Waals surface area (Å²) in [5.41, 5.74) is 0.0399. The van der Waals surface area contributed by atoms with E-state index in [4.69, 9.17) is 0 Å². The Balaban J connectivity index is 3.45. The van der Waals surface area contributed by atoms with Gasteiger partial charge in [-0.1, -0.05) is 66.2 Å². The predicted octanol–water partition coefficient (Wildman–Crippen LogP) is 5.80. The molecular formula is C14H14BrF3. The normalized spacial score (nSPS) is 13.2. The lowest BCUT2D eigenvalue weighted by molar-refractivity contribution is -0.0692. The van der Waals surface area contributed by atoms with Crippen molar-refractivity contribution in [1.29, 1.82) is 0 Å². The average Bonchev–Trinajstić information content (AvgIpc) is 2.28. The first-order chi connectivity index (χ1) is 8.41. The summed E-state index contributed by atoms with van der Waals surface area (Å²) in [6.07, 6.45) is -1.93. The molecule has 0 aliphatic rings. The van der Waals surface area contributed by atoms with E-state index in [1.165, 1.54) is 12.1 Å². The Hall–Kier alpha value is -1.03. The van der Waals surface area contributed by atoms with Crippen LogP contribution >= 0.6 is 15.9 Å². The molecule has 18 heavy (non-hydrogen) atoms. The summed E-state index contributed by atoms with van der Waals surface area (Å²) >= 11 is 3.07. The number of halogens is 4. The van der Waals surface area contributed by atoms with Gasteiger partial charge in [-0.05, 0) is 17.5 Å². The Morgan fingerprint density at radius 3 is 2.44 bits per heavy atom. The molecule has 4 heteroatoms. The van der Waals surface area contributed by atoms with E-state index in [1.807, 2.05) is 6.92 Å². The summed E-state index contributed by atoms with van der Waals surface area (Å²) in [6, 6.07) is 6.39. The monoisotopic (exact) mass is 318 g/mol. The van der Waals surface area contributed by atoms with Crippen LogP contribution in [0.4, 0.5) is 13.2 Å². The molecule has 98 valence electrons. The van der Waals surface area contributed by atoms with E-state index < -0.39 is 11.7 Å². The van der Waals surface area contributed by atoms with Crippen LogP contribution < -0.4 is 0 Å². The van der Waals surface area contributed by atoms with Crippen molar-refractivity contribution in [3.8, 4) is 0 Å². The number of benzene rings is 1. The highest BCUT2D eigenvalue weighted by Crippen LogP contribution is 2.41. The van der Waals surface area contributed by atoms with Crippen LogP contribution in [-0.2, 0) is 0 Å². The zero-order valence-corrected chi connectivity index (χ0v) is 11.6. The number of allylic oxidation sites excluding steroid dienone is 2. The molecule has 0 radical (unpaired) electrons. The van der Waals surface area contributed by atoms with Crippen LogP contribution in [-0.4, -0.2) is 6.18 Å². The predicted molar refractivity (Wildman–Crippen MR) is 73.3 cm³/mol. The van der Waals surface area contributed by atoms with Crippen molar-refractivity contribution in [2.75, 3.05) is 0 Å².